The number of fused-ring (bicyclic) bond motifs is 2. The summed E-state index contributed by atoms with van der Waals surface area (Å²) in [6.07, 6.45) is 2.10. The third-order valence-corrected chi connectivity index (χ3v) is 8.06. The van der Waals surface area contributed by atoms with Crippen molar-refractivity contribution in [1.29, 1.82) is 0 Å². The molecule has 0 aromatic heterocycles. The molecule has 2 heterocycles. The summed E-state index contributed by atoms with van der Waals surface area (Å²) in [5, 5.41) is 0. The molecular weight excluding hydrogens is 427 g/mol. The summed E-state index contributed by atoms with van der Waals surface area (Å²) in [4.78, 5) is 15.0. The van der Waals surface area contributed by atoms with Crippen molar-refractivity contribution in [3.63, 3.8) is 0 Å². The molecule has 2 aliphatic heterocycles. The molecule has 0 radical (unpaired) electrons. The zero-order chi connectivity index (χ0) is 22.3. The Morgan fingerprint density at radius 1 is 0.844 bits per heavy atom. The topological polar surface area (TPSA) is 57.7 Å². The number of carbonyl (C=O) groups is 1. The maximum atomic E-state index is 13.6. The molecule has 3 aromatic carbocycles. The van der Waals surface area contributed by atoms with Crippen molar-refractivity contribution in [1.82, 2.24) is 4.31 Å². The van der Waals surface area contributed by atoms with Crippen molar-refractivity contribution >= 4 is 21.6 Å². The summed E-state index contributed by atoms with van der Waals surface area (Å²) in [7, 11) is -3.74. The third-order valence-electron chi connectivity index (χ3n) is 6.22. The highest BCUT2D eigenvalue weighted by atomic mass is 32.2. The second kappa shape index (κ2) is 8.15. The van der Waals surface area contributed by atoms with E-state index in [1.54, 1.807) is 23.1 Å². The maximum Gasteiger partial charge on any atom is 0.258 e. The van der Waals surface area contributed by atoms with E-state index in [9.17, 15) is 17.6 Å². The summed E-state index contributed by atoms with van der Waals surface area (Å²) in [5.74, 6) is -0.604. The van der Waals surface area contributed by atoms with Crippen LogP contribution in [0.5, 0.6) is 0 Å². The molecule has 0 saturated carbocycles. The Hall–Kier alpha value is -3.03. The number of hydrogen-bond acceptors (Lipinski definition) is 3. The summed E-state index contributed by atoms with van der Waals surface area (Å²) in [6.45, 7) is 1.24. The molecule has 0 spiro atoms. The number of carbonyl (C=O) groups excluding carboxylic acids is 1. The van der Waals surface area contributed by atoms with Crippen LogP contribution in [0, 0.1) is 5.82 Å². The molecule has 0 N–H and O–H groups in total. The number of anilines is 1. The van der Waals surface area contributed by atoms with Gasteiger partial charge in [0.1, 0.15) is 5.82 Å². The van der Waals surface area contributed by atoms with Gasteiger partial charge in [0.15, 0.2) is 0 Å². The van der Waals surface area contributed by atoms with E-state index in [0.29, 0.717) is 43.7 Å². The molecule has 0 atom stereocenters. The highest BCUT2D eigenvalue weighted by Gasteiger charge is 2.30. The van der Waals surface area contributed by atoms with Gasteiger partial charge in [0, 0.05) is 30.9 Å². The lowest BCUT2D eigenvalue weighted by Crippen LogP contribution is -2.37. The normalized spacial score (nSPS) is 16.3. The van der Waals surface area contributed by atoms with Crippen LogP contribution in [0.3, 0.4) is 0 Å². The first-order valence-electron chi connectivity index (χ1n) is 10.7. The van der Waals surface area contributed by atoms with Gasteiger partial charge in [-0.25, -0.2) is 12.8 Å². The van der Waals surface area contributed by atoms with Gasteiger partial charge in [-0.1, -0.05) is 30.3 Å². The predicted molar refractivity (Wildman–Crippen MR) is 121 cm³/mol. The lowest BCUT2D eigenvalue weighted by molar-refractivity contribution is 0.0985. The quantitative estimate of drug-likeness (QED) is 0.602. The van der Waals surface area contributed by atoms with Gasteiger partial charge in [-0.15, -0.1) is 0 Å². The van der Waals surface area contributed by atoms with E-state index in [0.717, 1.165) is 17.5 Å². The molecule has 0 aliphatic carbocycles. The summed E-state index contributed by atoms with van der Waals surface area (Å²) >= 11 is 0. The number of halogens is 1. The smallest absolute Gasteiger partial charge is 0.258 e. The molecule has 164 valence electrons. The first kappa shape index (κ1) is 20.8. The monoisotopic (exact) mass is 450 g/mol. The molecule has 5 rings (SSSR count). The van der Waals surface area contributed by atoms with Gasteiger partial charge in [0.25, 0.3) is 5.91 Å². The molecule has 0 fully saturated rings. The van der Waals surface area contributed by atoms with Crippen molar-refractivity contribution < 1.29 is 17.6 Å². The van der Waals surface area contributed by atoms with Crippen molar-refractivity contribution in [3.05, 3.63) is 94.8 Å². The highest BCUT2D eigenvalue weighted by molar-refractivity contribution is 7.89. The Morgan fingerprint density at radius 3 is 2.50 bits per heavy atom. The van der Waals surface area contributed by atoms with Crippen LogP contribution in [0.2, 0.25) is 0 Å². The summed E-state index contributed by atoms with van der Waals surface area (Å²) in [5.41, 5.74) is 3.96. The van der Waals surface area contributed by atoms with Crippen LogP contribution in [-0.2, 0) is 29.4 Å². The fourth-order valence-electron chi connectivity index (χ4n) is 4.55. The minimum absolute atomic E-state index is 0.110. The molecule has 0 unspecified atom stereocenters. The summed E-state index contributed by atoms with van der Waals surface area (Å²) in [6, 6.07) is 18.5. The van der Waals surface area contributed by atoms with Crippen LogP contribution in [0.4, 0.5) is 10.1 Å². The molecule has 7 heteroatoms. The van der Waals surface area contributed by atoms with Gasteiger partial charge < -0.3 is 4.90 Å². The van der Waals surface area contributed by atoms with Crippen LogP contribution < -0.4 is 4.90 Å². The fourth-order valence-corrected chi connectivity index (χ4v) is 6.01. The van der Waals surface area contributed by atoms with Crippen LogP contribution in [0.15, 0.2) is 71.6 Å². The largest absolute Gasteiger partial charge is 0.308 e. The molecule has 3 aromatic rings. The average Bonchev–Trinajstić information content (AvgIpc) is 2.82. The van der Waals surface area contributed by atoms with Crippen LogP contribution >= 0.6 is 0 Å². The van der Waals surface area contributed by atoms with Crippen molar-refractivity contribution in [2.24, 2.45) is 0 Å². The molecule has 0 bridgehead atoms. The lowest BCUT2D eigenvalue weighted by atomic mass is 10.0. The number of amides is 1. The standard InChI is InChI=1S/C25H23FN2O3S/c26-22-10-11-24-19(15-22)8-4-13-28(24)25(29)20-7-3-9-23(16-20)32(30,31)27-14-12-18-5-1-2-6-21(18)17-27/h1-3,5-7,9-11,15-16H,4,8,12-14,17H2. The van der Waals surface area contributed by atoms with Crippen LogP contribution in [-0.4, -0.2) is 31.7 Å². The van der Waals surface area contributed by atoms with E-state index in [-0.39, 0.29) is 16.6 Å². The Balaban J connectivity index is 1.44. The van der Waals surface area contributed by atoms with E-state index in [2.05, 4.69) is 0 Å². The van der Waals surface area contributed by atoms with E-state index in [1.807, 2.05) is 24.3 Å². The second-order valence-electron chi connectivity index (χ2n) is 8.22. The number of sulfonamides is 1. The number of nitrogens with zero attached hydrogens (tertiary/aromatic N) is 2. The number of rotatable bonds is 3. The Morgan fingerprint density at radius 2 is 1.66 bits per heavy atom. The second-order valence-corrected chi connectivity index (χ2v) is 10.2. The average molecular weight is 451 g/mol. The zero-order valence-corrected chi connectivity index (χ0v) is 18.3. The minimum atomic E-state index is -3.74. The Labute approximate surface area is 187 Å². The Kier molecular flexibility index (Phi) is 5.31. The zero-order valence-electron chi connectivity index (χ0n) is 17.5. The summed E-state index contributed by atoms with van der Waals surface area (Å²) < 4.78 is 41.8. The van der Waals surface area contributed by atoms with E-state index >= 15 is 0 Å². The van der Waals surface area contributed by atoms with Gasteiger partial charge in [-0.3, -0.25) is 4.79 Å². The van der Waals surface area contributed by atoms with Gasteiger partial charge in [-0.2, -0.15) is 4.31 Å². The lowest BCUT2D eigenvalue weighted by Gasteiger charge is -2.30. The van der Waals surface area contributed by atoms with E-state index < -0.39 is 10.0 Å². The van der Waals surface area contributed by atoms with Crippen molar-refractivity contribution in [3.8, 4) is 0 Å². The van der Waals surface area contributed by atoms with E-state index in [4.69, 9.17) is 0 Å². The predicted octanol–water partition coefficient (Wildman–Crippen LogP) is 4.17. The van der Waals surface area contributed by atoms with Gasteiger partial charge >= 0.3 is 0 Å². The van der Waals surface area contributed by atoms with Crippen LogP contribution in [0.1, 0.15) is 33.5 Å². The molecule has 32 heavy (non-hydrogen) atoms. The minimum Gasteiger partial charge on any atom is -0.308 e. The van der Waals surface area contributed by atoms with Gasteiger partial charge in [0.05, 0.1) is 4.90 Å². The molecule has 0 saturated heterocycles. The van der Waals surface area contributed by atoms with Gasteiger partial charge in [-0.05, 0) is 72.4 Å². The number of aryl methyl sites for hydroxylation is 1. The molecular formula is C25H23FN2O3S. The first-order chi connectivity index (χ1) is 15.4. The molecule has 1 amide bonds. The van der Waals surface area contributed by atoms with Crippen molar-refractivity contribution in [2.75, 3.05) is 18.0 Å². The molecule has 5 nitrogen and oxygen atoms in total. The number of benzene rings is 3. The van der Waals surface area contributed by atoms with Crippen molar-refractivity contribution in [2.45, 2.75) is 30.7 Å². The van der Waals surface area contributed by atoms with E-state index in [1.165, 1.54) is 34.1 Å². The van der Waals surface area contributed by atoms with Crippen LogP contribution in [0.25, 0.3) is 0 Å². The third kappa shape index (κ3) is 3.72. The molecule has 2 aliphatic rings. The first-order valence-corrected chi connectivity index (χ1v) is 12.1. The van der Waals surface area contributed by atoms with Gasteiger partial charge in [0.2, 0.25) is 10.0 Å². The highest BCUT2D eigenvalue weighted by Crippen LogP contribution is 2.30. The SMILES string of the molecule is O=C(c1cccc(S(=O)(=O)N2CCc3ccccc3C2)c1)N1CCCc2cc(F)ccc21. The maximum absolute atomic E-state index is 13.6. The fraction of sp³-hybridized carbons (Fsp3) is 0.240. The Bertz CT molecular complexity index is 1310. The number of hydrogen-bond donors (Lipinski definition) is 0.